The van der Waals surface area contributed by atoms with E-state index in [2.05, 4.69) is 10.2 Å². The number of phenolic OH excluding ortho intramolecular Hbond substituents is 1. The van der Waals surface area contributed by atoms with Crippen LogP contribution in [0.2, 0.25) is 0 Å². The van der Waals surface area contributed by atoms with E-state index in [-0.39, 0.29) is 38.3 Å². The van der Waals surface area contributed by atoms with Crippen molar-refractivity contribution in [2.24, 2.45) is 0 Å². The highest BCUT2D eigenvalue weighted by atomic mass is 32.2. The van der Waals surface area contributed by atoms with Crippen molar-refractivity contribution >= 4 is 62.9 Å². The maximum absolute atomic E-state index is 11.9. The van der Waals surface area contributed by atoms with Crippen LogP contribution in [0.25, 0.3) is 38.3 Å². The van der Waals surface area contributed by atoms with Gasteiger partial charge in [-0.2, -0.15) is 30.0 Å². The molecule has 0 unspecified atom stereocenters. The fourth-order valence-electron chi connectivity index (χ4n) is 3.81. The number of benzene rings is 4. The Morgan fingerprint density at radius 3 is 1.92 bits per heavy atom. The van der Waals surface area contributed by atoms with Crippen LogP contribution in [-0.4, -0.2) is 59.0 Å². The van der Waals surface area contributed by atoms with Crippen LogP contribution in [0.3, 0.4) is 0 Å². The van der Waals surface area contributed by atoms with E-state index in [9.17, 15) is 44.0 Å². The Bertz CT molecular complexity index is 2080. The summed E-state index contributed by atoms with van der Waals surface area (Å²) in [5.74, 6) is -0.397. The third-order valence-corrected chi connectivity index (χ3v) is 7.97. The van der Waals surface area contributed by atoms with E-state index in [0.717, 1.165) is 23.0 Å². The Morgan fingerprint density at radius 1 is 0.639 bits per heavy atom. The lowest BCUT2D eigenvalue weighted by molar-refractivity contribution is 0.471. The van der Waals surface area contributed by atoms with Gasteiger partial charge in [0.2, 0.25) is 0 Å². The van der Waals surface area contributed by atoms with Gasteiger partial charge in [-0.15, -0.1) is 10.2 Å². The Hall–Kier alpha value is -3.67. The van der Waals surface area contributed by atoms with Gasteiger partial charge < -0.3 is 5.11 Å². The van der Waals surface area contributed by atoms with Gasteiger partial charge in [-0.25, -0.2) is 0 Å². The zero-order chi connectivity index (χ0) is 26.2. The predicted molar refractivity (Wildman–Crippen MR) is 125 cm³/mol. The first-order chi connectivity index (χ1) is 16.6. The first-order valence-corrected chi connectivity index (χ1v) is 14.0. The molecule has 0 radical (unpaired) electrons. The number of phenols is 1. The average molecular weight is 552 g/mol. The summed E-state index contributed by atoms with van der Waals surface area (Å²) in [5.41, 5.74) is 0.475. The lowest BCUT2D eigenvalue weighted by atomic mass is 10.1. The number of hydrogen-bond acceptors (Lipinski definition) is 9. The highest BCUT2D eigenvalue weighted by Crippen LogP contribution is 2.33. The van der Waals surface area contributed by atoms with Crippen molar-refractivity contribution in [1.29, 1.82) is 0 Å². The van der Waals surface area contributed by atoms with E-state index < -0.39 is 50.8 Å². The molecule has 0 fully saturated rings. The fourth-order valence-corrected chi connectivity index (χ4v) is 5.69. The molecule has 13 nitrogen and oxygen atoms in total. The van der Waals surface area contributed by atoms with Crippen LogP contribution in [0.4, 0.5) is 0 Å². The molecule has 16 heteroatoms. The normalized spacial score (nSPS) is 13.1. The highest BCUT2D eigenvalue weighted by molar-refractivity contribution is 7.87. The molecule has 5 aromatic rings. The largest absolute Gasteiger partial charge is 0.507 e. The van der Waals surface area contributed by atoms with Crippen LogP contribution in [0.5, 0.6) is 5.75 Å². The monoisotopic (exact) mass is 551 g/mol. The summed E-state index contributed by atoms with van der Waals surface area (Å²) in [6.07, 6.45) is 0. The van der Waals surface area contributed by atoms with E-state index in [1.54, 1.807) is 0 Å². The molecular weight excluding hydrogens is 538 g/mol. The second kappa shape index (κ2) is 7.66. The van der Waals surface area contributed by atoms with Crippen molar-refractivity contribution in [1.82, 2.24) is 15.0 Å². The maximum Gasteiger partial charge on any atom is 0.295 e. The molecule has 0 atom stereocenters. The zero-order valence-corrected chi connectivity index (χ0v) is 20.0. The van der Waals surface area contributed by atoms with Crippen LogP contribution in [0.1, 0.15) is 0 Å². The zero-order valence-electron chi connectivity index (χ0n) is 17.5. The molecule has 0 aliphatic heterocycles. The number of hydrogen-bond donors (Lipinski definition) is 4. The van der Waals surface area contributed by atoms with Crippen molar-refractivity contribution in [2.75, 3.05) is 0 Å². The molecule has 1 heterocycles. The van der Waals surface area contributed by atoms with Crippen molar-refractivity contribution in [3.63, 3.8) is 0 Å². The third kappa shape index (κ3) is 4.04. The molecule has 0 aliphatic rings. The molecule has 36 heavy (non-hydrogen) atoms. The number of fused-ring (bicyclic) bond motifs is 4. The van der Waals surface area contributed by atoms with Gasteiger partial charge in [0.15, 0.2) is 0 Å². The van der Waals surface area contributed by atoms with Gasteiger partial charge in [0.1, 0.15) is 21.7 Å². The molecule has 0 spiro atoms. The molecule has 0 saturated heterocycles. The van der Waals surface area contributed by atoms with E-state index in [1.165, 1.54) is 30.3 Å². The van der Waals surface area contributed by atoms with Crippen LogP contribution < -0.4 is 0 Å². The van der Waals surface area contributed by atoms with Gasteiger partial charge in [0.25, 0.3) is 30.4 Å². The summed E-state index contributed by atoms with van der Waals surface area (Å²) >= 11 is 0. The molecule has 4 aromatic carbocycles. The second-order valence-corrected chi connectivity index (χ2v) is 11.9. The molecule has 0 saturated carbocycles. The van der Waals surface area contributed by atoms with Crippen molar-refractivity contribution in [2.45, 2.75) is 14.7 Å². The fraction of sp³-hybridized carbons (Fsp3) is 0. The Kier molecular flexibility index (Phi) is 5.12. The minimum atomic E-state index is -4.89. The van der Waals surface area contributed by atoms with Gasteiger partial charge in [-0.3, -0.25) is 13.7 Å². The summed E-state index contributed by atoms with van der Waals surface area (Å²) in [6.45, 7) is 0. The summed E-state index contributed by atoms with van der Waals surface area (Å²) in [6, 6.07) is 10.6. The molecule has 0 bridgehead atoms. The van der Waals surface area contributed by atoms with E-state index in [4.69, 9.17) is 0 Å². The van der Waals surface area contributed by atoms with Crippen LogP contribution in [0.15, 0.2) is 69.3 Å². The molecule has 1 aromatic heterocycles. The number of aromatic nitrogens is 3. The minimum Gasteiger partial charge on any atom is -0.507 e. The van der Waals surface area contributed by atoms with Crippen molar-refractivity contribution in [3.05, 3.63) is 54.6 Å². The van der Waals surface area contributed by atoms with E-state index >= 15 is 0 Å². The maximum atomic E-state index is 11.9. The third-order valence-electron chi connectivity index (χ3n) is 5.41. The molecule has 0 amide bonds. The summed E-state index contributed by atoms with van der Waals surface area (Å²) in [7, 11) is -14.4. The smallest absolute Gasteiger partial charge is 0.295 e. The lowest BCUT2D eigenvalue weighted by Crippen LogP contribution is -2.04. The molecule has 5 rings (SSSR count). The topological polar surface area (TPSA) is 214 Å². The van der Waals surface area contributed by atoms with Crippen molar-refractivity contribution < 1.29 is 44.0 Å². The Labute approximate surface area is 202 Å². The first kappa shape index (κ1) is 24.0. The van der Waals surface area contributed by atoms with Gasteiger partial charge in [-0.05, 0) is 47.9 Å². The summed E-state index contributed by atoms with van der Waals surface area (Å²) < 4.78 is 98.7. The van der Waals surface area contributed by atoms with Gasteiger partial charge in [0, 0.05) is 22.2 Å². The quantitative estimate of drug-likeness (QED) is 0.236. The lowest BCUT2D eigenvalue weighted by Gasteiger charge is -2.07. The summed E-state index contributed by atoms with van der Waals surface area (Å²) in [5, 5.41) is 19.0. The molecular formula is C20H13N3O10S3. The van der Waals surface area contributed by atoms with Crippen LogP contribution in [0, 0.1) is 0 Å². The van der Waals surface area contributed by atoms with Crippen molar-refractivity contribution in [3.8, 4) is 11.4 Å². The predicted octanol–water partition coefficient (Wildman–Crippen LogP) is 2.17. The first-order valence-electron chi connectivity index (χ1n) is 9.66. The Morgan fingerprint density at radius 2 is 1.28 bits per heavy atom. The highest BCUT2D eigenvalue weighted by Gasteiger charge is 2.23. The van der Waals surface area contributed by atoms with E-state index in [0.29, 0.717) is 6.07 Å². The van der Waals surface area contributed by atoms with Crippen LogP contribution >= 0.6 is 0 Å². The molecule has 186 valence electrons. The standard InChI is InChI=1S/C20H13N3O10S3/c24-18-8-12(34(25,26)27)6-10-5-11(1-2-14(10)18)23-21-17-4-3-15-16(20(17)22-23)7-13(35(28,29)30)9-19(15)36(31,32)33/h1-9,24H,(H,25,26,27)(H,28,29,30)(H,31,32,33). The number of nitrogens with zero attached hydrogens (tertiary/aromatic N) is 3. The molecule has 4 N–H and O–H groups in total. The molecule has 0 aliphatic carbocycles. The minimum absolute atomic E-state index is 0.0255. The SMILES string of the molecule is O=S(=O)(O)c1cc(O)c2ccc(-n3nc4ccc5c(S(=O)(=O)O)cc(S(=O)(=O)O)cc5c4n3)cc2c1. The number of aromatic hydroxyl groups is 1. The summed E-state index contributed by atoms with van der Waals surface area (Å²) in [4.78, 5) is -0.996. The van der Waals surface area contributed by atoms with Gasteiger partial charge >= 0.3 is 0 Å². The second-order valence-electron chi connectivity index (χ2n) is 7.71. The van der Waals surface area contributed by atoms with Gasteiger partial charge in [-0.1, -0.05) is 6.07 Å². The van der Waals surface area contributed by atoms with Crippen LogP contribution in [-0.2, 0) is 30.4 Å². The van der Waals surface area contributed by atoms with Gasteiger partial charge in [0.05, 0.1) is 15.5 Å². The van der Waals surface area contributed by atoms with E-state index in [1.807, 2.05) is 0 Å². The number of rotatable bonds is 4. The average Bonchev–Trinajstić information content (AvgIpc) is 3.21. The Balaban J connectivity index is 1.79.